The fourth-order valence-corrected chi connectivity index (χ4v) is 3.04. The highest BCUT2D eigenvalue weighted by molar-refractivity contribution is 5.68. The molecule has 1 aliphatic heterocycles. The van der Waals surface area contributed by atoms with E-state index in [-0.39, 0.29) is 0 Å². The van der Waals surface area contributed by atoms with Gasteiger partial charge >= 0.3 is 0 Å². The van der Waals surface area contributed by atoms with Crippen LogP contribution in [0.1, 0.15) is 38.4 Å². The van der Waals surface area contributed by atoms with Gasteiger partial charge in [-0.3, -0.25) is 0 Å². The summed E-state index contributed by atoms with van der Waals surface area (Å²) in [6.45, 7) is 6.87. The van der Waals surface area contributed by atoms with Crippen molar-refractivity contribution in [3.8, 4) is 0 Å². The second-order valence-corrected chi connectivity index (χ2v) is 5.74. The molecule has 2 aromatic heterocycles. The van der Waals surface area contributed by atoms with Crippen LogP contribution in [0.3, 0.4) is 0 Å². The third-order valence-corrected chi connectivity index (χ3v) is 4.26. The lowest BCUT2D eigenvalue weighted by molar-refractivity contribution is 0.169. The Morgan fingerprint density at radius 1 is 1.32 bits per heavy atom. The van der Waals surface area contributed by atoms with Gasteiger partial charge in [-0.1, -0.05) is 0 Å². The Labute approximate surface area is 114 Å². The lowest BCUT2D eigenvalue weighted by Crippen LogP contribution is -2.38. The molecule has 0 atom stereocenters. The molecule has 4 heteroatoms. The zero-order chi connectivity index (χ0) is 13.4. The first-order valence-electron chi connectivity index (χ1n) is 7.12. The fourth-order valence-electron chi connectivity index (χ4n) is 3.04. The summed E-state index contributed by atoms with van der Waals surface area (Å²) in [6.07, 6.45) is 6.35. The third kappa shape index (κ3) is 2.21. The number of nitrogen functional groups attached to an aromatic ring is 1. The Morgan fingerprint density at radius 3 is 2.74 bits per heavy atom. The van der Waals surface area contributed by atoms with Crippen LogP contribution in [0.25, 0.3) is 5.52 Å². The van der Waals surface area contributed by atoms with Gasteiger partial charge < -0.3 is 15.0 Å². The molecule has 0 saturated carbocycles. The number of aromatic nitrogens is 2. The van der Waals surface area contributed by atoms with Crippen LogP contribution < -0.4 is 5.73 Å². The summed E-state index contributed by atoms with van der Waals surface area (Å²) < 4.78 is 2.16. The van der Waals surface area contributed by atoms with Gasteiger partial charge in [0.15, 0.2) is 0 Å². The minimum absolute atomic E-state index is 0.555. The Balaban J connectivity index is 1.84. The number of imidazole rings is 1. The maximum atomic E-state index is 5.99. The molecular formula is C15H22N4. The number of pyridine rings is 1. The van der Waals surface area contributed by atoms with Crippen molar-refractivity contribution < 1.29 is 0 Å². The van der Waals surface area contributed by atoms with E-state index in [2.05, 4.69) is 34.3 Å². The van der Waals surface area contributed by atoms with Crippen LogP contribution in [0.2, 0.25) is 0 Å². The molecule has 4 nitrogen and oxygen atoms in total. The number of hydrogen-bond acceptors (Lipinski definition) is 3. The van der Waals surface area contributed by atoms with Crippen LogP contribution in [0.4, 0.5) is 5.69 Å². The smallest absolute Gasteiger partial charge is 0.116 e. The molecule has 3 rings (SSSR count). The number of fused-ring (bicyclic) bond motifs is 1. The van der Waals surface area contributed by atoms with Gasteiger partial charge in [-0.15, -0.1) is 0 Å². The quantitative estimate of drug-likeness (QED) is 0.900. The van der Waals surface area contributed by atoms with Crippen molar-refractivity contribution in [3.63, 3.8) is 0 Å². The van der Waals surface area contributed by atoms with Crippen molar-refractivity contribution in [1.29, 1.82) is 0 Å². The first-order chi connectivity index (χ1) is 9.16. The molecule has 0 aromatic carbocycles. The Kier molecular flexibility index (Phi) is 3.19. The van der Waals surface area contributed by atoms with Crippen LogP contribution in [0, 0.1) is 0 Å². The lowest BCUT2D eigenvalue weighted by Gasteiger charge is -2.34. The number of nitrogens with zero attached hydrogens (tertiary/aromatic N) is 3. The molecule has 1 saturated heterocycles. The molecule has 0 unspecified atom stereocenters. The topological polar surface area (TPSA) is 46.6 Å². The van der Waals surface area contributed by atoms with Crippen molar-refractivity contribution in [3.05, 3.63) is 30.4 Å². The molecule has 102 valence electrons. The summed E-state index contributed by atoms with van der Waals surface area (Å²) in [5.41, 5.74) is 7.83. The Hall–Kier alpha value is -1.55. The minimum atomic E-state index is 0.555. The van der Waals surface area contributed by atoms with Gasteiger partial charge in [0.05, 0.1) is 17.4 Å². The number of piperidine rings is 1. The molecule has 0 amide bonds. The number of hydrogen-bond donors (Lipinski definition) is 1. The zero-order valence-electron chi connectivity index (χ0n) is 11.7. The van der Waals surface area contributed by atoms with Crippen molar-refractivity contribution in [2.45, 2.75) is 38.6 Å². The second kappa shape index (κ2) is 4.85. The Bertz CT molecular complexity index is 565. The standard InChI is InChI=1S/C15H22N4/c1-11(2)18-8-5-12(6-9-18)15-17-10-14-13(16)4-3-7-19(14)15/h3-4,7,10-12H,5-6,8-9,16H2,1-2H3. The van der Waals surface area contributed by atoms with E-state index in [0.29, 0.717) is 12.0 Å². The van der Waals surface area contributed by atoms with Crippen molar-refractivity contribution >= 4 is 11.2 Å². The van der Waals surface area contributed by atoms with Crippen LogP contribution in [-0.4, -0.2) is 33.4 Å². The monoisotopic (exact) mass is 258 g/mol. The van der Waals surface area contributed by atoms with Gasteiger partial charge in [-0.2, -0.15) is 0 Å². The molecule has 0 spiro atoms. The molecule has 0 aliphatic carbocycles. The van der Waals surface area contributed by atoms with E-state index in [9.17, 15) is 0 Å². The maximum absolute atomic E-state index is 5.99. The van der Waals surface area contributed by atoms with Crippen LogP contribution in [0.15, 0.2) is 24.5 Å². The van der Waals surface area contributed by atoms with Gasteiger partial charge in [0.2, 0.25) is 0 Å². The van der Waals surface area contributed by atoms with E-state index in [0.717, 1.165) is 11.2 Å². The van der Waals surface area contributed by atoms with E-state index in [1.807, 2.05) is 18.3 Å². The first-order valence-corrected chi connectivity index (χ1v) is 7.12. The van der Waals surface area contributed by atoms with Gasteiger partial charge in [0.25, 0.3) is 0 Å². The lowest BCUT2D eigenvalue weighted by atomic mass is 9.95. The highest BCUT2D eigenvalue weighted by Crippen LogP contribution is 2.29. The van der Waals surface area contributed by atoms with E-state index in [1.54, 1.807) is 0 Å². The highest BCUT2D eigenvalue weighted by Gasteiger charge is 2.24. The number of rotatable bonds is 2. The van der Waals surface area contributed by atoms with Crippen LogP contribution >= 0.6 is 0 Å². The molecule has 0 radical (unpaired) electrons. The summed E-state index contributed by atoms with van der Waals surface area (Å²) >= 11 is 0. The summed E-state index contributed by atoms with van der Waals surface area (Å²) in [5.74, 6) is 1.73. The average molecular weight is 258 g/mol. The van der Waals surface area contributed by atoms with E-state index < -0.39 is 0 Å². The highest BCUT2D eigenvalue weighted by atomic mass is 15.2. The van der Waals surface area contributed by atoms with E-state index in [1.165, 1.54) is 31.8 Å². The average Bonchev–Trinajstić information content (AvgIpc) is 2.84. The second-order valence-electron chi connectivity index (χ2n) is 5.74. The molecule has 1 fully saturated rings. The largest absolute Gasteiger partial charge is 0.397 e. The summed E-state index contributed by atoms with van der Waals surface area (Å²) in [6, 6.07) is 4.58. The normalized spacial score (nSPS) is 18.5. The predicted molar refractivity (Wildman–Crippen MR) is 78.3 cm³/mol. The third-order valence-electron chi connectivity index (χ3n) is 4.26. The van der Waals surface area contributed by atoms with Gasteiger partial charge in [-0.05, 0) is 51.9 Å². The maximum Gasteiger partial charge on any atom is 0.116 e. The number of nitrogens with two attached hydrogens (primary N) is 1. The number of anilines is 1. The summed E-state index contributed by atoms with van der Waals surface area (Å²) in [4.78, 5) is 7.16. The summed E-state index contributed by atoms with van der Waals surface area (Å²) in [7, 11) is 0. The van der Waals surface area contributed by atoms with Crippen molar-refractivity contribution in [2.24, 2.45) is 0 Å². The molecular weight excluding hydrogens is 236 g/mol. The number of likely N-dealkylation sites (tertiary alicyclic amines) is 1. The zero-order valence-corrected chi connectivity index (χ0v) is 11.7. The van der Waals surface area contributed by atoms with Crippen molar-refractivity contribution in [1.82, 2.24) is 14.3 Å². The molecule has 1 aliphatic rings. The fraction of sp³-hybridized carbons (Fsp3) is 0.533. The molecule has 3 heterocycles. The van der Waals surface area contributed by atoms with Gasteiger partial charge in [-0.25, -0.2) is 4.98 Å². The van der Waals surface area contributed by atoms with Gasteiger partial charge in [0, 0.05) is 18.2 Å². The SMILES string of the molecule is CC(C)N1CCC(c2ncc3c(N)cccn23)CC1. The van der Waals surface area contributed by atoms with Crippen molar-refractivity contribution in [2.75, 3.05) is 18.8 Å². The minimum Gasteiger partial charge on any atom is -0.397 e. The molecule has 2 N–H and O–H groups in total. The summed E-state index contributed by atoms with van der Waals surface area (Å²) in [5, 5.41) is 0. The van der Waals surface area contributed by atoms with Crippen LogP contribution in [0.5, 0.6) is 0 Å². The Morgan fingerprint density at radius 2 is 2.05 bits per heavy atom. The molecule has 0 bridgehead atoms. The first kappa shape index (κ1) is 12.5. The van der Waals surface area contributed by atoms with E-state index >= 15 is 0 Å². The van der Waals surface area contributed by atoms with Crippen LogP contribution in [-0.2, 0) is 0 Å². The molecule has 2 aromatic rings. The van der Waals surface area contributed by atoms with E-state index in [4.69, 9.17) is 5.73 Å². The predicted octanol–water partition coefficient (Wildman–Crippen LogP) is 2.50. The van der Waals surface area contributed by atoms with Gasteiger partial charge in [0.1, 0.15) is 5.82 Å². The molecule has 19 heavy (non-hydrogen) atoms.